The topological polar surface area (TPSA) is 67.9 Å². The molecule has 0 atom stereocenters. The van der Waals surface area contributed by atoms with E-state index >= 15 is 0 Å². The SMILES string of the molecule is COc1cc(N(CCNC(=O)C(C)C)C(C)=O)c(OC)cc1Cl. The molecule has 0 aliphatic carbocycles. The number of rotatable bonds is 7. The number of hydrogen-bond donors (Lipinski definition) is 1. The molecule has 0 spiro atoms. The Kier molecular flexibility index (Phi) is 7.16. The van der Waals surface area contributed by atoms with Gasteiger partial charge in [-0.2, -0.15) is 0 Å². The fourth-order valence-electron chi connectivity index (χ4n) is 2.00. The van der Waals surface area contributed by atoms with Crippen LogP contribution in [0.25, 0.3) is 0 Å². The van der Waals surface area contributed by atoms with Gasteiger partial charge in [0.1, 0.15) is 11.5 Å². The lowest BCUT2D eigenvalue weighted by molar-refractivity contribution is -0.124. The van der Waals surface area contributed by atoms with Crippen LogP contribution >= 0.6 is 11.6 Å². The zero-order valence-corrected chi connectivity index (χ0v) is 14.9. The lowest BCUT2D eigenvalue weighted by atomic mass is 10.2. The lowest BCUT2D eigenvalue weighted by Crippen LogP contribution is -2.39. The van der Waals surface area contributed by atoms with Crippen LogP contribution in [0.3, 0.4) is 0 Å². The molecule has 23 heavy (non-hydrogen) atoms. The highest BCUT2D eigenvalue weighted by Gasteiger charge is 2.19. The van der Waals surface area contributed by atoms with Crippen molar-refractivity contribution in [1.82, 2.24) is 5.32 Å². The quantitative estimate of drug-likeness (QED) is 0.826. The standard InChI is InChI=1S/C16H23ClN2O4/c1-10(2)16(21)18-6-7-19(11(3)20)13-9-14(22-4)12(17)8-15(13)23-5/h8-10H,6-7H2,1-5H3,(H,18,21). The summed E-state index contributed by atoms with van der Waals surface area (Å²) in [6.07, 6.45) is 0. The third-order valence-electron chi connectivity index (χ3n) is 3.28. The van der Waals surface area contributed by atoms with Crippen LogP contribution in [0.5, 0.6) is 11.5 Å². The number of nitrogens with zero attached hydrogens (tertiary/aromatic N) is 1. The van der Waals surface area contributed by atoms with E-state index in [9.17, 15) is 9.59 Å². The highest BCUT2D eigenvalue weighted by Crippen LogP contribution is 2.38. The number of halogens is 1. The van der Waals surface area contributed by atoms with E-state index in [1.165, 1.54) is 26.0 Å². The molecule has 0 heterocycles. The number of benzene rings is 1. The van der Waals surface area contributed by atoms with Gasteiger partial charge in [-0.1, -0.05) is 25.4 Å². The number of ether oxygens (including phenoxy) is 2. The normalized spacial score (nSPS) is 10.4. The summed E-state index contributed by atoms with van der Waals surface area (Å²) in [5, 5.41) is 3.18. The summed E-state index contributed by atoms with van der Waals surface area (Å²) in [6.45, 7) is 5.72. The molecular formula is C16H23ClN2O4. The second-order valence-electron chi connectivity index (χ2n) is 5.27. The number of carbonyl (C=O) groups is 2. The van der Waals surface area contributed by atoms with E-state index in [1.807, 2.05) is 13.8 Å². The number of anilines is 1. The maximum atomic E-state index is 12.0. The van der Waals surface area contributed by atoms with Crippen molar-refractivity contribution in [3.8, 4) is 11.5 Å². The molecule has 0 bridgehead atoms. The monoisotopic (exact) mass is 342 g/mol. The van der Waals surface area contributed by atoms with Gasteiger partial charge in [0.15, 0.2) is 0 Å². The van der Waals surface area contributed by atoms with Gasteiger partial charge in [0.2, 0.25) is 11.8 Å². The maximum Gasteiger partial charge on any atom is 0.224 e. The van der Waals surface area contributed by atoms with Gasteiger partial charge in [0.05, 0.1) is 24.9 Å². The predicted molar refractivity (Wildman–Crippen MR) is 90.4 cm³/mol. The molecule has 1 aromatic rings. The zero-order valence-electron chi connectivity index (χ0n) is 14.1. The number of methoxy groups -OCH3 is 2. The molecule has 0 aliphatic heterocycles. The van der Waals surface area contributed by atoms with Gasteiger partial charge in [-0.25, -0.2) is 0 Å². The Morgan fingerprint density at radius 2 is 1.83 bits per heavy atom. The minimum Gasteiger partial charge on any atom is -0.495 e. The Morgan fingerprint density at radius 3 is 2.30 bits per heavy atom. The molecule has 128 valence electrons. The molecule has 0 unspecified atom stereocenters. The Bertz CT molecular complexity index is 575. The van der Waals surface area contributed by atoms with E-state index in [0.29, 0.717) is 35.3 Å². The first-order valence-corrected chi connectivity index (χ1v) is 7.67. The van der Waals surface area contributed by atoms with Crippen LogP contribution in [0.1, 0.15) is 20.8 Å². The Morgan fingerprint density at radius 1 is 1.22 bits per heavy atom. The summed E-state index contributed by atoms with van der Waals surface area (Å²) in [6, 6.07) is 3.24. The fourth-order valence-corrected chi connectivity index (χ4v) is 2.23. The first-order valence-electron chi connectivity index (χ1n) is 7.29. The van der Waals surface area contributed by atoms with Gasteiger partial charge in [-0.05, 0) is 0 Å². The smallest absolute Gasteiger partial charge is 0.224 e. The zero-order chi connectivity index (χ0) is 17.6. The summed E-state index contributed by atoms with van der Waals surface area (Å²) in [5.74, 6) is 0.563. The van der Waals surface area contributed by atoms with E-state index in [0.717, 1.165) is 0 Å². The number of amides is 2. The summed E-state index contributed by atoms with van der Waals surface area (Å²) < 4.78 is 10.5. The summed E-state index contributed by atoms with van der Waals surface area (Å²) in [5.41, 5.74) is 0.542. The van der Waals surface area contributed by atoms with Gasteiger partial charge >= 0.3 is 0 Å². The second kappa shape index (κ2) is 8.62. The fraction of sp³-hybridized carbons (Fsp3) is 0.500. The van der Waals surface area contributed by atoms with E-state index in [4.69, 9.17) is 21.1 Å². The van der Waals surface area contributed by atoms with Crippen molar-refractivity contribution >= 4 is 29.1 Å². The lowest BCUT2D eigenvalue weighted by Gasteiger charge is -2.24. The Balaban J connectivity index is 3.01. The molecule has 7 heteroatoms. The largest absolute Gasteiger partial charge is 0.495 e. The molecule has 1 aromatic carbocycles. The molecule has 2 amide bonds. The molecular weight excluding hydrogens is 320 g/mol. The molecule has 6 nitrogen and oxygen atoms in total. The third-order valence-corrected chi connectivity index (χ3v) is 3.58. The average molecular weight is 343 g/mol. The van der Waals surface area contributed by atoms with Crippen LogP contribution < -0.4 is 19.7 Å². The molecule has 1 rings (SSSR count). The van der Waals surface area contributed by atoms with E-state index in [1.54, 1.807) is 12.1 Å². The van der Waals surface area contributed by atoms with Crippen molar-refractivity contribution in [3.63, 3.8) is 0 Å². The first-order chi connectivity index (χ1) is 10.8. The van der Waals surface area contributed by atoms with Gasteiger partial charge in [-0.3, -0.25) is 9.59 Å². The van der Waals surface area contributed by atoms with E-state index in [2.05, 4.69) is 5.32 Å². The van der Waals surface area contributed by atoms with Crippen molar-refractivity contribution in [2.75, 3.05) is 32.2 Å². The molecule has 0 aromatic heterocycles. The van der Waals surface area contributed by atoms with Crippen LogP contribution in [-0.4, -0.2) is 39.1 Å². The average Bonchev–Trinajstić information content (AvgIpc) is 2.50. The molecule has 0 fully saturated rings. The summed E-state index contributed by atoms with van der Waals surface area (Å²) in [4.78, 5) is 25.1. The minimum atomic E-state index is -0.175. The third kappa shape index (κ3) is 5.03. The molecule has 0 saturated carbocycles. The molecule has 0 saturated heterocycles. The first kappa shape index (κ1) is 19.1. The number of nitrogens with one attached hydrogen (secondary N) is 1. The maximum absolute atomic E-state index is 12.0. The summed E-state index contributed by atoms with van der Waals surface area (Å²) in [7, 11) is 3.00. The van der Waals surface area contributed by atoms with Gasteiger partial charge in [0, 0.05) is 38.1 Å². The van der Waals surface area contributed by atoms with E-state index < -0.39 is 0 Å². The Hall–Kier alpha value is -1.95. The molecule has 1 N–H and O–H groups in total. The van der Waals surface area contributed by atoms with Crippen LogP contribution in [0.15, 0.2) is 12.1 Å². The van der Waals surface area contributed by atoms with Crippen molar-refractivity contribution in [2.45, 2.75) is 20.8 Å². The van der Waals surface area contributed by atoms with Crippen LogP contribution in [0.4, 0.5) is 5.69 Å². The van der Waals surface area contributed by atoms with Crippen LogP contribution in [0.2, 0.25) is 5.02 Å². The number of carbonyl (C=O) groups excluding carboxylic acids is 2. The van der Waals surface area contributed by atoms with Crippen molar-refractivity contribution in [1.29, 1.82) is 0 Å². The minimum absolute atomic E-state index is 0.0610. The molecule has 0 aliphatic rings. The highest BCUT2D eigenvalue weighted by atomic mass is 35.5. The second-order valence-corrected chi connectivity index (χ2v) is 5.68. The summed E-state index contributed by atoms with van der Waals surface area (Å²) >= 11 is 6.08. The van der Waals surface area contributed by atoms with Gasteiger partial charge in [0.25, 0.3) is 0 Å². The van der Waals surface area contributed by atoms with Crippen LogP contribution in [-0.2, 0) is 9.59 Å². The molecule has 0 radical (unpaired) electrons. The van der Waals surface area contributed by atoms with Crippen molar-refractivity contribution in [3.05, 3.63) is 17.2 Å². The van der Waals surface area contributed by atoms with Crippen LogP contribution in [0, 0.1) is 5.92 Å². The van der Waals surface area contributed by atoms with Crippen molar-refractivity contribution in [2.24, 2.45) is 5.92 Å². The number of hydrogen-bond acceptors (Lipinski definition) is 4. The van der Waals surface area contributed by atoms with Gasteiger partial charge in [-0.15, -0.1) is 0 Å². The predicted octanol–water partition coefficient (Wildman–Crippen LogP) is 2.48. The highest BCUT2D eigenvalue weighted by molar-refractivity contribution is 6.32. The Labute approximate surface area is 141 Å². The van der Waals surface area contributed by atoms with Gasteiger partial charge < -0.3 is 19.7 Å². The van der Waals surface area contributed by atoms with E-state index in [-0.39, 0.29) is 17.7 Å². The van der Waals surface area contributed by atoms with Crippen molar-refractivity contribution < 1.29 is 19.1 Å².